The van der Waals surface area contributed by atoms with E-state index in [0.717, 1.165) is 11.3 Å². The van der Waals surface area contributed by atoms with Crippen LogP contribution >= 0.6 is 11.8 Å². The molecule has 2 rings (SSSR count). The maximum Gasteiger partial charge on any atom is 0.303 e. The highest BCUT2D eigenvalue weighted by molar-refractivity contribution is 7.99. The van der Waals surface area contributed by atoms with Crippen molar-refractivity contribution in [2.45, 2.75) is 63.3 Å². The van der Waals surface area contributed by atoms with Crippen LogP contribution in [0, 0.1) is 12.8 Å². The van der Waals surface area contributed by atoms with E-state index in [1.165, 1.54) is 37.7 Å². The highest BCUT2D eigenvalue weighted by atomic mass is 32.2. The summed E-state index contributed by atoms with van der Waals surface area (Å²) in [5.41, 5.74) is 0.527. The molecule has 1 heterocycles. The van der Waals surface area contributed by atoms with Crippen LogP contribution in [0.15, 0.2) is 29.2 Å². The highest BCUT2D eigenvalue weighted by Crippen LogP contribution is 2.36. The Balaban J connectivity index is 2.26. The molecule has 0 amide bonds. The molecular weight excluding hydrogens is 432 g/mol. The average Bonchev–Trinajstić information content (AvgIpc) is 2.65. The second kappa shape index (κ2) is 10.6. The van der Waals surface area contributed by atoms with Crippen LogP contribution in [0.1, 0.15) is 33.3 Å². The normalized spacial score (nSPS) is 26.8. The summed E-state index contributed by atoms with van der Waals surface area (Å²) in [5.74, 6) is -0.679. The molecule has 1 aromatic carbocycles. The van der Waals surface area contributed by atoms with Crippen molar-refractivity contribution in [1.82, 2.24) is 0 Å². The number of hydrogen-bond acceptors (Lipinski definition) is 9. The Morgan fingerprint density at radius 2 is 1.63 bits per heavy atom. The van der Waals surface area contributed by atoms with Crippen LogP contribution in [0.25, 0.3) is 0 Å². The van der Waals surface area contributed by atoms with Crippen LogP contribution in [-0.4, -0.2) is 56.5 Å². The van der Waals surface area contributed by atoms with Crippen LogP contribution in [-0.2, 0) is 38.1 Å². The van der Waals surface area contributed by atoms with Crippen molar-refractivity contribution in [2.24, 2.45) is 5.92 Å². The molecule has 8 nitrogen and oxygen atoms in total. The van der Waals surface area contributed by atoms with Crippen LogP contribution < -0.4 is 0 Å². The van der Waals surface area contributed by atoms with Crippen LogP contribution in [0.4, 0.5) is 0 Å². The van der Waals surface area contributed by atoms with E-state index in [1.54, 1.807) is 12.1 Å². The average molecular weight is 461 g/mol. The number of esters is 2. The van der Waals surface area contributed by atoms with Crippen molar-refractivity contribution in [2.75, 3.05) is 12.4 Å². The maximum absolute atomic E-state index is 12.6. The van der Waals surface area contributed by atoms with Crippen LogP contribution in [0.5, 0.6) is 0 Å². The Bertz CT molecular complexity index is 837. The minimum atomic E-state index is -4.05. The molecule has 1 saturated heterocycles. The first-order chi connectivity index (χ1) is 14.0. The fourth-order valence-electron chi connectivity index (χ4n) is 3.16. The minimum absolute atomic E-state index is 0.0114. The lowest BCUT2D eigenvalue weighted by Crippen LogP contribution is -2.57. The molecular formula is C20H28O8S2. The van der Waals surface area contributed by atoms with E-state index in [9.17, 15) is 18.0 Å². The molecule has 30 heavy (non-hydrogen) atoms. The van der Waals surface area contributed by atoms with Crippen molar-refractivity contribution in [3.8, 4) is 0 Å². The Hall–Kier alpha value is -1.62. The first-order valence-corrected chi connectivity index (χ1v) is 12.1. The number of rotatable bonds is 8. The number of benzene rings is 1. The number of ether oxygens (including phenoxy) is 3. The van der Waals surface area contributed by atoms with Gasteiger partial charge in [0.15, 0.2) is 6.10 Å². The molecule has 5 atom stereocenters. The smallest absolute Gasteiger partial charge is 0.303 e. The fraction of sp³-hybridized carbons (Fsp3) is 0.600. The summed E-state index contributed by atoms with van der Waals surface area (Å²) in [7, 11) is -4.05. The number of thioether (sulfide) groups is 1. The SMILES string of the molecule is CCS[C@@H]1OC(COS(=O)(=O)c2ccc(C)cc2)[C@@H](OC(C)=O)[C@H](OC(C)=O)C1C. The summed E-state index contributed by atoms with van der Waals surface area (Å²) < 4.78 is 47.2. The van der Waals surface area contributed by atoms with E-state index in [-0.39, 0.29) is 22.9 Å². The molecule has 2 unspecified atom stereocenters. The summed E-state index contributed by atoms with van der Waals surface area (Å²) >= 11 is 1.49. The van der Waals surface area contributed by atoms with Crippen molar-refractivity contribution in [3.63, 3.8) is 0 Å². The third-order valence-corrected chi connectivity index (χ3v) is 7.08. The fourth-order valence-corrected chi connectivity index (χ4v) is 5.09. The second-order valence-corrected chi connectivity index (χ2v) is 10.0. The van der Waals surface area contributed by atoms with Gasteiger partial charge in [0.1, 0.15) is 17.6 Å². The monoisotopic (exact) mass is 460 g/mol. The first-order valence-electron chi connectivity index (χ1n) is 9.62. The van der Waals surface area contributed by atoms with E-state index >= 15 is 0 Å². The number of aryl methyl sites for hydroxylation is 1. The Kier molecular flexibility index (Phi) is 8.72. The minimum Gasteiger partial charge on any atom is -0.458 e. The van der Waals surface area contributed by atoms with Gasteiger partial charge in [-0.1, -0.05) is 31.5 Å². The lowest BCUT2D eigenvalue weighted by molar-refractivity contribution is -0.213. The van der Waals surface area contributed by atoms with Gasteiger partial charge in [-0.05, 0) is 24.8 Å². The van der Waals surface area contributed by atoms with Gasteiger partial charge in [-0.25, -0.2) is 0 Å². The van der Waals surface area contributed by atoms with E-state index in [4.69, 9.17) is 18.4 Å². The van der Waals surface area contributed by atoms with E-state index in [1.807, 2.05) is 20.8 Å². The highest BCUT2D eigenvalue weighted by Gasteiger charge is 2.48. The van der Waals surface area contributed by atoms with Crippen LogP contribution in [0.3, 0.4) is 0 Å². The topological polar surface area (TPSA) is 105 Å². The molecule has 168 valence electrons. The quantitative estimate of drug-likeness (QED) is 0.427. The Labute approximate surface area is 181 Å². The molecule has 0 aliphatic carbocycles. The molecule has 1 aromatic rings. The number of carbonyl (C=O) groups is 2. The Morgan fingerprint density at radius 1 is 1.07 bits per heavy atom. The van der Waals surface area contributed by atoms with Crippen molar-refractivity contribution in [3.05, 3.63) is 29.8 Å². The van der Waals surface area contributed by atoms with Gasteiger partial charge in [0.2, 0.25) is 0 Å². The molecule has 1 aliphatic heterocycles. The molecule has 0 radical (unpaired) electrons. The van der Waals surface area contributed by atoms with Gasteiger partial charge in [0.05, 0.1) is 11.5 Å². The third-order valence-electron chi connectivity index (χ3n) is 4.58. The summed E-state index contributed by atoms with van der Waals surface area (Å²) in [6.07, 6.45) is -2.72. The van der Waals surface area contributed by atoms with Crippen LogP contribution in [0.2, 0.25) is 0 Å². The summed E-state index contributed by atoms with van der Waals surface area (Å²) in [4.78, 5) is 23.3. The zero-order chi connectivity index (χ0) is 22.5. The van der Waals surface area contributed by atoms with Crippen molar-refractivity contribution >= 4 is 33.8 Å². The van der Waals surface area contributed by atoms with E-state index in [2.05, 4.69) is 0 Å². The van der Waals surface area contributed by atoms with E-state index in [0.29, 0.717) is 0 Å². The standard InChI is InChI=1S/C20H28O8S2/c1-6-29-20-13(3)18(26-14(4)21)19(27-15(5)22)17(28-20)11-25-30(23,24)16-9-7-12(2)8-10-16/h7-10,13,17-20H,6,11H2,1-5H3/t13?,17?,18-,19-,20+/m1/s1. The summed E-state index contributed by atoms with van der Waals surface area (Å²) in [5, 5.41) is 0. The molecule has 1 aliphatic rings. The predicted octanol–water partition coefficient (Wildman–Crippen LogP) is 2.68. The summed E-state index contributed by atoms with van der Waals surface area (Å²) in [6, 6.07) is 6.24. The van der Waals surface area contributed by atoms with Gasteiger partial charge in [0.25, 0.3) is 10.1 Å². The first kappa shape index (κ1) is 24.6. The zero-order valence-electron chi connectivity index (χ0n) is 17.7. The Morgan fingerprint density at radius 3 is 2.17 bits per heavy atom. The van der Waals surface area contributed by atoms with Gasteiger partial charge in [0, 0.05) is 19.8 Å². The second-order valence-electron chi connectivity index (χ2n) is 7.06. The lowest BCUT2D eigenvalue weighted by Gasteiger charge is -2.43. The third kappa shape index (κ3) is 6.44. The number of carbonyl (C=O) groups excluding carboxylic acids is 2. The molecule has 0 aromatic heterocycles. The molecule has 0 bridgehead atoms. The molecule has 0 spiro atoms. The molecule has 0 saturated carbocycles. The van der Waals surface area contributed by atoms with Gasteiger partial charge in [-0.2, -0.15) is 8.42 Å². The molecule has 10 heteroatoms. The lowest BCUT2D eigenvalue weighted by atomic mass is 9.93. The maximum atomic E-state index is 12.6. The van der Waals surface area contributed by atoms with Gasteiger partial charge in [-0.15, -0.1) is 11.8 Å². The molecule has 0 N–H and O–H groups in total. The van der Waals surface area contributed by atoms with Gasteiger partial charge in [-0.3, -0.25) is 13.8 Å². The summed E-state index contributed by atoms with van der Waals surface area (Å²) in [6.45, 7) is 7.73. The molecule has 1 fully saturated rings. The van der Waals surface area contributed by atoms with Gasteiger partial charge < -0.3 is 14.2 Å². The van der Waals surface area contributed by atoms with Crippen molar-refractivity contribution < 1.29 is 36.4 Å². The zero-order valence-corrected chi connectivity index (χ0v) is 19.3. The van der Waals surface area contributed by atoms with Crippen molar-refractivity contribution in [1.29, 1.82) is 0 Å². The predicted molar refractivity (Wildman–Crippen MR) is 111 cm³/mol. The number of hydrogen-bond donors (Lipinski definition) is 0. The van der Waals surface area contributed by atoms with Gasteiger partial charge >= 0.3 is 11.9 Å². The van der Waals surface area contributed by atoms with E-state index < -0.39 is 40.4 Å². The largest absolute Gasteiger partial charge is 0.458 e.